The second-order valence-electron chi connectivity index (χ2n) is 5.74. The first-order valence-corrected chi connectivity index (χ1v) is 7.88. The molecule has 1 atom stereocenters. The minimum atomic E-state index is -0.00331. The van der Waals surface area contributed by atoms with Gasteiger partial charge in [0.15, 0.2) is 0 Å². The molecule has 1 aliphatic rings. The summed E-state index contributed by atoms with van der Waals surface area (Å²) in [7, 11) is 1.68. The van der Waals surface area contributed by atoms with Crippen molar-refractivity contribution in [1.29, 1.82) is 0 Å². The average molecular weight is 286 g/mol. The molecule has 21 heavy (non-hydrogen) atoms. The smallest absolute Gasteiger partial charge is 0.251 e. The van der Waals surface area contributed by atoms with Gasteiger partial charge in [-0.1, -0.05) is 19.1 Å². The van der Waals surface area contributed by atoms with Gasteiger partial charge in [0.05, 0.1) is 0 Å². The van der Waals surface area contributed by atoms with Crippen LogP contribution in [-0.2, 0) is 12.8 Å². The highest BCUT2D eigenvalue weighted by molar-refractivity contribution is 5.94. The van der Waals surface area contributed by atoms with Crippen molar-refractivity contribution in [3.8, 4) is 0 Å². The Hall–Kier alpha value is -1.61. The van der Waals surface area contributed by atoms with E-state index in [4.69, 9.17) is 0 Å². The molecule has 0 saturated carbocycles. The van der Waals surface area contributed by atoms with Gasteiger partial charge in [0.1, 0.15) is 0 Å². The van der Waals surface area contributed by atoms with Crippen molar-refractivity contribution in [1.82, 2.24) is 10.2 Å². The Morgan fingerprint density at radius 1 is 1.48 bits per heavy atom. The van der Waals surface area contributed by atoms with E-state index in [1.807, 2.05) is 12.1 Å². The van der Waals surface area contributed by atoms with Gasteiger partial charge in [-0.3, -0.25) is 9.69 Å². The van der Waals surface area contributed by atoms with Crippen molar-refractivity contribution in [2.45, 2.75) is 38.6 Å². The van der Waals surface area contributed by atoms with Crippen LogP contribution in [0.25, 0.3) is 0 Å². The zero-order chi connectivity index (χ0) is 15.2. The lowest BCUT2D eigenvalue weighted by atomic mass is 9.86. The summed E-state index contributed by atoms with van der Waals surface area (Å²) in [5.74, 6) is -0.00331. The molecule has 0 fully saturated rings. The number of hydrogen-bond acceptors (Lipinski definition) is 2. The van der Waals surface area contributed by atoms with Crippen LogP contribution in [0.5, 0.6) is 0 Å². The second-order valence-corrected chi connectivity index (χ2v) is 5.74. The molecule has 3 nitrogen and oxygen atoms in total. The summed E-state index contributed by atoms with van der Waals surface area (Å²) < 4.78 is 0. The first-order valence-electron chi connectivity index (χ1n) is 7.88. The number of carbonyl (C=O) groups is 1. The fourth-order valence-electron chi connectivity index (χ4n) is 3.21. The maximum Gasteiger partial charge on any atom is 0.251 e. The van der Waals surface area contributed by atoms with Crippen LogP contribution in [0.1, 0.15) is 41.3 Å². The molecule has 1 amide bonds. The molecule has 0 radical (unpaired) electrons. The number of carbonyl (C=O) groups excluding carboxylic acids is 1. The molecule has 114 valence electrons. The van der Waals surface area contributed by atoms with E-state index >= 15 is 0 Å². The predicted octanol–water partition coefficient (Wildman–Crippen LogP) is 2.80. The Bertz CT molecular complexity index is 510. The van der Waals surface area contributed by atoms with Crippen LogP contribution >= 0.6 is 0 Å². The lowest BCUT2D eigenvalue weighted by molar-refractivity contribution is 0.0963. The van der Waals surface area contributed by atoms with Crippen LogP contribution in [0, 0.1) is 0 Å². The van der Waals surface area contributed by atoms with E-state index in [2.05, 4.69) is 35.9 Å². The Balaban J connectivity index is 2.17. The van der Waals surface area contributed by atoms with Gasteiger partial charge in [-0.15, -0.1) is 6.58 Å². The summed E-state index contributed by atoms with van der Waals surface area (Å²) in [6.45, 7) is 8.15. The molecule has 1 unspecified atom stereocenters. The van der Waals surface area contributed by atoms with Gasteiger partial charge in [0.2, 0.25) is 0 Å². The summed E-state index contributed by atoms with van der Waals surface area (Å²) >= 11 is 0. The van der Waals surface area contributed by atoms with Crippen LogP contribution in [0.15, 0.2) is 30.9 Å². The minimum Gasteiger partial charge on any atom is -0.355 e. The molecule has 3 heteroatoms. The van der Waals surface area contributed by atoms with Crippen molar-refractivity contribution >= 4 is 5.91 Å². The number of nitrogens with zero attached hydrogens (tertiary/aromatic N) is 1. The molecule has 1 N–H and O–H groups in total. The maximum atomic E-state index is 11.8. The van der Waals surface area contributed by atoms with Gasteiger partial charge < -0.3 is 5.32 Å². The number of fused-ring (bicyclic) bond motifs is 1. The first kappa shape index (κ1) is 15.8. The number of nitrogens with one attached hydrogen (secondary N) is 1. The molecule has 1 aromatic rings. The quantitative estimate of drug-likeness (QED) is 0.816. The summed E-state index contributed by atoms with van der Waals surface area (Å²) in [6.07, 6.45) is 6.49. The topological polar surface area (TPSA) is 32.3 Å². The number of amides is 1. The third kappa shape index (κ3) is 3.73. The Kier molecular flexibility index (Phi) is 5.57. The van der Waals surface area contributed by atoms with Crippen LogP contribution < -0.4 is 5.32 Å². The predicted molar refractivity (Wildman–Crippen MR) is 87.7 cm³/mol. The molecule has 0 spiro atoms. The number of rotatable bonds is 6. The fourth-order valence-corrected chi connectivity index (χ4v) is 3.21. The monoisotopic (exact) mass is 286 g/mol. The molecule has 0 saturated heterocycles. The molecule has 0 heterocycles. The summed E-state index contributed by atoms with van der Waals surface area (Å²) in [5, 5.41) is 2.70. The van der Waals surface area contributed by atoms with E-state index in [1.54, 1.807) is 7.05 Å². The van der Waals surface area contributed by atoms with Crippen LogP contribution in [-0.4, -0.2) is 37.0 Å². The van der Waals surface area contributed by atoms with Crippen LogP contribution in [0.3, 0.4) is 0 Å². The second kappa shape index (κ2) is 7.41. The van der Waals surface area contributed by atoms with Crippen molar-refractivity contribution in [2.75, 3.05) is 20.1 Å². The van der Waals surface area contributed by atoms with Gasteiger partial charge in [-0.05, 0) is 55.5 Å². The number of benzene rings is 1. The Morgan fingerprint density at radius 3 is 2.95 bits per heavy atom. The van der Waals surface area contributed by atoms with E-state index in [-0.39, 0.29) is 5.91 Å². The highest BCUT2D eigenvalue weighted by Gasteiger charge is 2.23. The zero-order valence-corrected chi connectivity index (χ0v) is 13.2. The lowest BCUT2D eigenvalue weighted by Gasteiger charge is -2.34. The maximum absolute atomic E-state index is 11.8. The third-order valence-electron chi connectivity index (χ3n) is 4.29. The SMILES string of the molecule is C=CCN(CCC)C1CCc2ccc(C(=O)NC)cc2C1. The molecule has 0 aromatic heterocycles. The zero-order valence-electron chi connectivity index (χ0n) is 13.2. The van der Waals surface area contributed by atoms with Crippen molar-refractivity contribution in [3.63, 3.8) is 0 Å². The highest BCUT2D eigenvalue weighted by atomic mass is 16.1. The minimum absolute atomic E-state index is 0.00331. The fraction of sp³-hybridized carbons (Fsp3) is 0.500. The molecular weight excluding hydrogens is 260 g/mol. The van der Waals surface area contributed by atoms with Gasteiger partial charge in [-0.2, -0.15) is 0 Å². The highest BCUT2D eigenvalue weighted by Crippen LogP contribution is 2.26. The molecule has 1 aliphatic carbocycles. The van der Waals surface area contributed by atoms with Gasteiger partial charge in [-0.25, -0.2) is 0 Å². The van der Waals surface area contributed by atoms with E-state index in [0.717, 1.165) is 37.9 Å². The van der Waals surface area contributed by atoms with Crippen LogP contribution in [0.4, 0.5) is 0 Å². The average Bonchev–Trinajstić information content (AvgIpc) is 2.52. The van der Waals surface area contributed by atoms with Crippen molar-refractivity contribution in [3.05, 3.63) is 47.5 Å². The van der Waals surface area contributed by atoms with Gasteiger partial charge in [0, 0.05) is 25.2 Å². The normalized spacial score (nSPS) is 17.4. The standard InChI is InChI=1S/C18H26N2O/c1-4-10-20(11-5-2)17-9-8-14-6-7-15(18(21)19-3)12-16(14)13-17/h4,6-7,12,17H,1,5,8-11,13H2,2-3H3,(H,19,21). The van der Waals surface area contributed by atoms with E-state index in [9.17, 15) is 4.79 Å². The molecule has 2 rings (SSSR count). The summed E-state index contributed by atoms with van der Waals surface area (Å²) in [4.78, 5) is 14.3. The molecule has 0 aliphatic heterocycles. The molecular formula is C18H26N2O. The third-order valence-corrected chi connectivity index (χ3v) is 4.29. The molecule has 0 bridgehead atoms. The lowest BCUT2D eigenvalue weighted by Crippen LogP contribution is -2.40. The van der Waals surface area contributed by atoms with Crippen molar-refractivity contribution < 1.29 is 4.79 Å². The largest absolute Gasteiger partial charge is 0.355 e. The Morgan fingerprint density at radius 2 is 2.29 bits per heavy atom. The van der Waals surface area contributed by atoms with Gasteiger partial charge in [0.25, 0.3) is 5.91 Å². The summed E-state index contributed by atoms with van der Waals surface area (Å²) in [5.41, 5.74) is 3.49. The van der Waals surface area contributed by atoms with E-state index in [0.29, 0.717) is 6.04 Å². The molecule has 1 aromatic carbocycles. The Labute approximate surface area is 128 Å². The van der Waals surface area contributed by atoms with E-state index in [1.165, 1.54) is 17.5 Å². The number of aryl methyl sites for hydroxylation is 1. The first-order chi connectivity index (χ1) is 10.2. The van der Waals surface area contributed by atoms with Gasteiger partial charge >= 0.3 is 0 Å². The van der Waals surface area contributed by atoms with E-state index < -0.39 is 0 Å². The van der Waals surface area contributed by atoms with Crippen molar-refractivity contribution in [2.24, 2.45) is 0 Å². The number of hydrogen-bond donors (Lipinski definition) is 1. The van der Waals surface area contributed by atoms with Crippen LogP contribution in [0.2, 0.25) is 0 Å². The summed E-state index contributed by atoms with van der Waals surface area (Å²) in [6, 6.07) is 6.69.